The molecule has 3 nitrogen and oxygen atoms in total. The normalized spacial score (nSPS) is 12.2. The van der Waals surface area contributed by atoms with E-state index in [-0.39, 0.29) is 6.04 Å². The van der Waals surface area contributed by atoms with Crippen LogP contribution in [0, 0.1) is 4.91 Å². The molecule has 13 heavy (non-hydrogen) atoms. The lowest BCUT2D eigenvalue weighted by Crippen LogP contribution is -2.25. The summed E-state index contributed by atoms with van der Waals surface area (Å²) < 4.78 is 0. The average molecular weight is 178 g/mol. The maximum absolute atomic E-state index is 10.2. The van der Waals surface area contributed by atoms with Crippen LogP contribution >= 0.6 is 0 Å². The van der Waals surface area contributed by atoms with Crippen molar-refractivity contribution in [2.45, 2.75) is 19.4 Å². The summed E-state index contributed by atoms with van der Waals surface area (Å²) in [6.45, 7) is 1.98. The van der Waals surface area contributed by atoms with Crippen LogP contribution in [0.25, 0.3) is 0 Å². The first-order valence-corrected chi connectivity index (χ1v) is 4.34. The SMILES string of the molecule is C[C@H](Cc1ccccc1)N(C)N=O. The minimum absolute atomic E-state index is 0.153. The van der Waals surface area contributed by atoms with Crippen molar-refractivity contribution in [2.75, 3.05) is 7.05 Å². The molecule has 0 saturated heterocycles. The van der Waals surface area contributed by atoms with Gasteiger partial charge in [0.15, 0.2) is 0 Å². The second kappa shape index (κ2) is 4.60. The molecule has 0 amide bonds. The van der Waals surface area contributed by atoms with Crippen molar-refractivity contribution in [1.82, 2.24) is 5.01 Å². The average Bonchev–Trinajstić information content (AvgIpc) is 2.18. The minimum Gasteiger partial charge on any atom is -0.261 e. The summed E-state index contributed by atoms with van der Waals surface area (Å²) >= 11 is 0. The van der Waals surface area contributed by atoms with Crippen molar-refractivity contribution in [2.24, 2.45) is 5.29 Å². The molecule has 0 aliphatic heterocycles. The van der Waals surface area contributed by atoms with E-state index in [9.17, 15) is 4.91 Å². The van der Waals surface area contributed by atoms with Gasteiger partial charge in [0.1, 0.15) is 0 Å². The monoisotopic (exact) mass is 178 g/mol. The molecule has 0 spiro atoms. The van der Waals surface area contributed by atoms with Crippen LogP contribution in [0.4, 0.5) is 0 Å². The van der Waals surface area contributed by atoms with Crippen molar-refractivity contribution < 1.29 is 0 Å². The van der Waals surface area contributed by atoms with Crippen molar-refractivity contribution in [1.29, 1.82) is 0 Å². The van der Waals surface area contributed by atoms with Crippen molar-refractivity contribution in [3.05, 3.63) is 40.8 Å². The highest BCUT2D eigenvalue weighted by atomic mass is 16.3. The lowest BCUT2D eigenvalue weighted by Gasteiger charge is -2.17. The Kier molecular flexibility index (Phi) is 3.43. The van der Waals surface area contributed by atoms with Gasteiger partial charge >= 0.3 is 0 Å². The van der Waals surface area contributed by atoms with E-state index in [1.165, 1.54) is 10.6 Å². The van der Waals surface area contributed by atoms with Crippen LogP contribution in [0.1, 0.15) is 12.5 Å². The van der Waals surface area contributed by atoms with Gasteiger partial charge in [0.25, 0.3) is 0 Å². The lowest BCUT2D eigenvalue weighted by molar-refractivity contribution is 0.265. The van der Waals surface area contributed by atoms with E-state index < -0.39 is 0 Å². The zero-order valence-electron chi connectivity index (χ0n) is 7.97. The van der Waals surface area contributed by atoms with Crippen molar-refractivity contribution in [3.63, 3.8) is 0 Å². The highest BCUT2D eigenvalue weighted by molar-refractivity contribution is 5.15. The number of hydrogen-bond donors (Lipinski definition) is 0. The highest BCUT2D eigenvalue weighted by Gasteiger charge is 2.07. The number of nitroso groups, excluding NO2 is 1. The molecule has 1 aromatic rings. The fourth-order valence-corrected chi connectivity index (χ4v) is 1.17. The molecule has 0 fully saturated rings. The summed E-state index contributed by atoms with van der Waals surface area (Å²) in [5.41, 5.74) is 1.23. The molecule has 0 aliphatic carbocycles. The van der Waals surface area contributed by atoms with Crippen molar-refractivity contribution in [3.8, 4) is 0 Å². The van der Waals surface area contributed by atoms with E-state index in [1.807, 2.05) is 25.1 Å². The molecule has 0 saturated carbocycles. The number of nitrogens with zero attached hydrogens (tertiary/aromatic N) is 2. The van der Waals surface area contributed by atoms with Gasteiger partial charge in [-0.2, -0.15) is 0 Å². The van der Waals surface area contributed by atoms with E-state index in [0.29, 0.717) is 0 Å². The van der Waals surface area contributed by atoms with Crippen LogP contribution < -0.4 is 0 Å². The largest absolute Gasteiger partial charge is 0.261 e. The molecule has 1 atom stereocenters. The van der Waals surface area contributed by atoms with Gasteiger partial charge in [0.2, 0.25) is 0 Å². The molecule has 0 heterocycles. The van der Waals surface area contributed by atoms with Crippen LogP contribution in [0.2, 0.25) is 0 Å². The van der Waals surface area contributed by atoms with Crippen LogP contribution in [0.3, 0.4) is 0 Å². The summed E-state index contributed by atoms with van der Waals surface area (Å²) in [5.74, 6) is 0. The maximum atomic E-state index is 10.2. The molecule has 3 heteroatoms. The zero-order chi connectivity index (χ0) is 9.68. The minimum atomic E-state index is 0.153. The number of rotatable bonds is 4. The van der Waals surface area contributed by atoms with Gasteiger partial charge in [0.05, 0.1) is 11.3 Å². The predicted molar refractivity (Wildman–Crippen MR) is 53.2 cm³/mol. The third kappa shape index (κ3) is 2.86. The van der Waals surface area contributed by atoms with E-state index >= 15 is 0 Å². The third-order valence-electron chi connectivity index (χ3n) is 2.14. The quantitative estimate of drug-likeness (QED) is 0.523. The summed E-state index contributed by atoms with van der Waals surface area (Å²) in [4.78, 5) is 10.2. The van der Waals surface area contributed by atoms with Gasteiger partial charge in [-0.1, -0.05) is 30.3 Å². The van der Waals surface area contributed by atoms with E-state index in [4.69, 9.17) is 0 Å². The Bertz CT molecular complexity index is 261. The first kappa shape index (κ1) is 9.71. The molecule has 0 aliphatic rings. The summed E-state index contributed by atoms with van der Waals surface area (Å²) in [5, 5.41) is 4.31. The molecule has 0 N–H and O–H groups in total. The first-order chi connectivity index (χ1) is 6.24. The number of benzene rings is 1. The molecule has 1 aromatic carbocycles. The summed E-state index contributed by atoms with van der Waals surface area (Å²) in [6.07, 6.45) is 0.850. The zero-order valence-corrected chi connectivity index (χ0v) is 7.97. The van der Waals surface area contributed by atoms with Gasteiger partial charge in [-0.05, 0) is 18.9 Å². The van der Waals surface area contributed by atoms with Crippen LogP contribution in [0.15, 0.2) is 35.6 Å². The predicted octanol–water partition coefficient (Wildman–Crippen LogP) is 2.23. The molecule has 0 bridgehead atoms. The van der Waals surface area contributed by atoms with Gasteiger partial charge in [0, 0.05) is 7.05 Å². The maximum Gasteiger partial charge on any atom is 0.0523 e. The van der Waals surface area contributed by atoms with Crippen LogP contribution in [-0.4, -0.2) is 18.1 Å². The Hall–Kier alpha value is -1.38. The van der Waals surface area contributed by atoms with E-state index in [0.717, 1.165) is 6.42 Å². The first-order valence-electron chi connectivity index (χ1n) is 4.34. The molecular weight excluding hydrogens is 164 g/mol. The molecule has 70 valence electrons. The molecule has 1 rings (SSSR count). The molecule has 0 unspecified atom stereocenters. The van der Waals surface area contributed by atoms with E-state index in [1.54, 1.807) is 7.05 Å². The fraction of sp³-hybridized carbons (Fsp3) is 0.400. The Balaban J connectivity index is 2.54. The fourth-order valence-electron chi connectivity index (χ4n) is 1.17. The van der Waals surface area contributed by atoms with Gasteiger partial charge in [-0.25, -0.2) is 0 Å². The lowest BCUT2D eigenvalue weighted by atomic mass is 10.1. The standard InChI is InChI=1S/C10H14N2O/c1-9(12(2)11-13)8-10-6-4-3-5-7-10/h3-7,9H,8H2,1-2H3/t9-/m1/s1. The second-order valence-corrected chi connectivity index (χ2v) is 3.19. The summed E-state index contributed by atoms with van der Waals surface area (Å²) in [7, 11) is 1.70. The molecule has 0 radical (unpaired) electrons. The molecular formula is C10H14N2O. The van der Waals surface area contributed by atoms with Crippen molar-refractivity contribution >= 4 is 0 Å². The van der Waals surface area contributed by atoms with Gasteiger partial charge in [-0.3, -0.25) is 5.01 Å². The Morgan fingerprint density at radius 2 is 2.00 bits per heavy atom. The number of likely N-dealkylation sites (N-methyl/N-ethyl adjacent to an activating group) is 1. The Morgan fingerprint density at radius 3 is 2.54 bits per heavy atom. The van der Waals surface area contributed by atoms with Gasteiger partial charge < -0.3 is 0 Å². The Morgan fingerprint density at radius 1 is 1.38 bits per heavy atom. The van der Waals surface area contributed by atoms with Gasteiger partial charge in [-0.15, -0.1) is 4.91 Å². The third-order valence-corrected chi connectivity index (χ3v) is 2.14. The highest BCUT2D eigenvalue weighted by Crippen LogP contribution is 2.06. The molecule has 0 aromatic heterocycles. The smallest absolute Gasteiger partial charge is 0.0523 e. The van der Waals surface area contributed by atoms with Crippen LogP contribution in [0.5, 0.6) is 0 Å². The summed E-state index contributed by atoms with van der Waals surface area (Å²) in [6, 6.07) is 10.2. The Labute approximate surface area is 78.3 Å². The van der Waals surface area contributed by atoms with E-state index in [2.05, 4.69) is 17.4 Å². The topological polar surface area (TPSA) is 32.7 Å². The van der Waals surface area contributed by atoms with Crippen LogP contribution in [-0.2, 0) is 6.42 Å². The number of hydrogen-bond acceptors (Lipinski definition) is 2. The second-order valence-electron chi connectivity index (χ2n) is 3.19.